The van der Waals surface area contributed by atoms with Crippen molar-refractivity contribution in [3.63, 3.8) is 0 Å². The predicted octanol–water partition coefficient (Wildman–Crippen LogP) is 5.31. The van der Waals surface area contributed by atoms with Gasteiger partial charge in [0.1, 0.15) is 11.8 Å². The Morgan fingerprint density at radius 3 is 2.50 bits per heavy atom. The van der Waals surface area contributed by atoms with E-state index in [1.54, 1.807) is 37.3 Å². The number of ether oxygens (including phenoxy) is 1. The van der Waals surface area contributed by atoms with Gasteiger partial charge in [-0.2, -0.15) is 0 Å². The van der Waals surface area contributed by atoms with Crippen LogP contribution in [0.25, 0.3) is 0 Å². The molecule has 0 bridgehead atoms. The fourth-order valence-corrected chi connectivity index (χ4v) is 3.54. The lowest BCUT2D eigenvalue weighted by atomic mass is 10.1. The summed E-state index contributed by atoms with van der Waals surface area (Å²) < 4.78 is 6.71. The third-order valence-electron chi connectivity index (χ3n) is 4.53. The summed E-state index contributed by atoms with van der Waals surface area (Å²) >= 11 is 14.5. The minimum absolute atomic E-state index is 0.174. The van der Waals surface area contributed by atoms with Crippen molar-refractivity contribution >= 4 is 57.6 Å². The molecule has 30 heavy (non-hydrogen) atoms. The molecule has 0 aliphatic heterocycles. The normalized spacial score (nSPS) is 11.6. The van der Waals surface area contributed by atoms with Gasteiger partial charge < -0.3 is 15.0 Å². The summed E-state index contributed by atoms with van der Waals surface area (Å²) in [6.45, 7) is 4.32. The Balaban J connectivity index is 2.14. The number of nitrogens with one attached hydrogen (secondary N) is 1. The van der Waals surface area contributed by atoms with Crippen molar-refractivity contribution in [2.24, 2.45) is 0 Å². The highest BCUT2D eigenvalue weighted by molar-refractivity contribution is 14.1. The first-order chi connectivity index (χ1) is 14.3. The maximum absolute atomic E-state index is 13.0. The minimum atomic E-state index is -0.679. The number of rotatable bonds is 10. The lowest BCUT2D eigenvalue weighted by molar-refractivity contribution is -0.142. The van der Waals surface area contributed by atoms with E-state index < -0.39 is 6.04 Å². The number of hydrogen-bond acceptors (Lipinski definition) is 3. The van der Waals surface area contributed by atoms with E-state index in [2.05, 4.69) is 34.8 Å². The molecule has 0 aromatic heterocycles. The van der Waals surface area contributed by atoms with Gasteiger partial charge in [0.05, 0.1) is 0 Å². The average molecular weight is 563 g/mol. The summed E-state index contributed by atoms with van der Waals surface area (Å²) in [5.41, 5.74) is 0.705. The maximum atomic E-state index is 13.0. The standard InChI is InChI=1S/C22H25Cl2IN2O3/c1-3-4-11-26-22(29)15(2)27(13-16-5-6-17(23)12-20(16)24)21(28)14-30-19-9-7-18(25)8-10-19/h5-10,12,15H,3-4,11,13-14H2,1-2H3,(H,26,29)/t15-/m1/s1. The van der Waals surface area contributed by atoms with Crippen LogP contribution in [0.15, 0.2) is 42.5 Å². The molecule has 0 heterocycles. The zero-order chi connectivity index (χ0) is 22.1. The van der Waals surface area contributed by atoms with Crippen molar-refractivity contribution in [1.82, 2.24) is 10.2 Å². The van der Waals surface area contributed by atoms with Crippen LogP contribution >= 0.6 is 45.8 Å². The molecule has 0 aliphatic carbocycles. The fraction of sp³-hybridized carbons (Fsp3) is 0.364. The Kier molecular flexibility index (Phi) is 10.2. The number of amides is 2. The molecular weight excluding hydrogens is 538 g/mol. The van der Waals surface area contributed by atoms with Crippen molar-refractivity contribution in [3.8, 4) is 5.75 Å². The highest BCUT2D eigenvalue weighted by Gasteiger charge is 2.27. The van der Waals surface area contributed by atoms with Gasteiger partial charge in [-0.05, 0) is 77.9 Å². The summed E-state index contributed by atoms with van der Waals surface area (Å²) in [7, 11) is 0. The first-order valence-corrected chi connectivity index (χ1v) is 11.5. The number of carbonyl (C=O) groups is 2. The topological polar surface area (TPSA) is 58.6 Å². The van der Waals surface area contributed by atoms with Crippen molar-refractivity contribution in [1.29, 1.82) is 0 Å². The molecule has 8 heteroatoms. The highest BCUT2D eigenvalue weighted by Crippen LogP contribution is 2.23. The van der Waals surface area contributed by atoms with Crippen LogP contribution in [-0.2, 0) is 16.1 Å². The third kappa shape index (κ3) is 7.63. The molecule has 162 valence electrons. The Labute approximate surface area is 201 Å². The summed E-state index contributed by atoms with van der Waals surface area (Å²) in [5, 5.41) is 3.83. The summed E-state index contributed by atoms with van der Waals surface area (Å²) in [6.07, 6.45) is 1.85. The Hall–Kier alpha value is -1.51. The summed E-state index contributed by atoms with van der Waals surface area (Å²) in [5.74, 6) is 0.0714. The molecule has 1 atom stereocenters. The smallest absolute Gasteiger partial charge is 0.261 e. The van der Waals surface area contributed by atoms with Gasteiger partial charge in [-0.1, -0.05) is 42.6 Å². The van der Waals surface area contributed by atoms with Crippen molar-refractivity contribution in [3.05, 3.63) is 61.6 Å². The van der Waals surface area contributed by atoms with E-state index in [9.17, 15) is 9.59 Å². The van der Waals surface area contributed by atoms with E-state index in [0.717, 1.165) is 16.4 Å². The Morgan fingerprint density at radius 1 is 1.17 bits per heavy atom. The number of unbranched alkanes of at least 4 members (excludes halogenated alkanes) is 1. The summed E-state index contributed by atoms with van der Waals surface area (Å²) in [6, 6.07) is 11.8. The highest BCUT2D eigenvalue weighted by atomic mass is 127. The lowest BCUT2D eigenvalue weighted by Crippen LogP contribution is -2.49. The van der Waals surface area contributed by atoms with Gasteiger partial charge >= 0.3 is 0 Å². The van der Waals surface area contributed by atoms with Crippen LogP contribution in [0.1, 0.15) is 32.3 Å². The fourth-order valence-electron chi connectivity index (χ4n) is 2.71. The molecule has 0 fully saturated rings. The van der Waals surface area contributed by atoms with E-state index in [1.165, 1.54) is 4.90 Å². The quantitative estimate of drug-likeness (QED) is 0.315. The van der Waals surface area contributed by atoms with E-state index >= 15 is 0 Å². The number of halogens is 3. The van der Waals surface area contributed by atoms with Gasteiger partial charge in [0.2, 0.25) is 5.91 Å². The molecule has 0 saturated carbocycles. The molecule has 5 nitrogen and oxygen atoms in total. The van der Waals surface area contributed by atoms with Gasteiger partial charge in [0.25, 0.3) is 5.91 Å². The van der Waals surface area contributed by atoms with Crippen LogP contribution in [-0.4, -0.2) is 35.9 Å². The molecule has 0 unspecified atom stereocenters. The lowest BCUT2D eigenvalue weighted by Gasteiger charge is -2.29. The molecule has 1 N–H and O–H groups in total. The summed E-state index contributed by atoms with van der Waals surface area (Å²) in [4.78, 5) is 27.1. The van der Waals surface area contributed by atoms with Gasteiger partial charge in [0.15, 0.2) is 6.61 Å². The largest absolute Gasteiger partial charge is 0.484 e. The van der Waals surface area contributed by atoms with E-state index in [1.807, 2.05) is 12.1 Å². The van der Waals surface area contributed by atoms with Crippen LogP contribution in [0, 0.1) is 3.57 Å². The molecule has 2 rings (SSSR count). The first kappa shape index (κ1) is 24.8. The second-order valence-electron chi connectivity index (χ2n) is 6.82. The zero-order valence-corrected chi connectivity index (χ0v) is 20.6. The van der Waals surface area contributed by atoms with Crippen molar-refractivity contribution in [2.45, 2.75) is 39.3 Å². The Morgan fingerprint density at radius 2 is 1.87 bits per heavy atom. The molecule has 0 aliphatic rings. The van der Waals surface area contributed by atoms with Crippen LogP contribution in [0.2, 0.25) is 10.0 Å². The van der Waals surface area contributed by atoms with Gasteiger partial charge in [0, 0.05) is 26.7 Å². The monoisotopic (exact) mass is 562 g/mol. The van der Waals surface area contributed by atoms with Gasteiger partial charge in [-0.15, -0.1) is 0 Å². The molecule has 0 radical (unpaired) electrons. The minimum Gasteiger partial charge on any atom is -0.484 e. The number of carbonyl (C=O) groups excluding carboxylic acids is 2. The molecule has 2 aromatic rings. The second-order valence-corrected chi connectivity index (χ2v) is 8.91. The number of benzene rings is 2. The third-order valence-corrected chi connectivity index (χ3v) is 5.83. The molecule has 2 aromatic carbocycles. The number of nitrogens with zero attached hydrogens (tertiary/aromatic N) is 1. The van der Waals surface area contributed by atoms with E-state index in [-0.39, 0.29) is 25.0 Å². The van der Waals surface area contributed by atoms with Crippen molar-refractivity contribution in [2.75, 3.05) is 13.2 Å². The van der Waals surface area contributed by atoms with Crippen LogP contribution in [0.4, 0.5) is 0 Å². The maximum Gasteiger partial charge on any atom is 0.261 e. The van der Waals surface area contributed by atoms with Gasteiger partial charge in [-0.25, -0.2) is 0 Å². The molecule has 0 saturated heterocycles. The first-order valence-electron chi connectivity index (χ1n) is 9.71. The van der Waals surface area contributed by atoms with E-state index in [4.69, 9.17) is 27.9 Å². The number of hydrogen-bond donors (Lipinski definition) is 1. The Bertz CT molecular complexity index is 862. The average Bonchev–Trinajstić information content (AvgIpc) is 2.72. The van der Waals surface area contributed by atoms with Crippen molar-refractivity contribution < 1.29 is 14.3 Å². The molecular formula is C22H25Cl2IN2O3. The molecule has 0 spiro atoms. The van der Waals surface area contributed by atoms with Crippen LogP contribution < -0.4 is 10.1 Å². The second kappa shape index (κ2) is 12.4. The van der Waals surface area contributed by atoms with Gasteiger partial charge in [-0.3, -0.25) is 9.59 Å². The van der Waals surface area contributed by atoms with Crippen LogP contribution in [0.5, 0.6) is 5.75 Å². The SMILES string of the molecule is CCCCNC(=O)[C@@H](C)N(Cc1ccc(Cl)cc1Cl)C(=O)COc1ccc(I)cc1. The molecule has 2 amide bonds. The zero-order valence-electron chi connectivity index (χ0n) is 17.0. The predicted molar refractivity (Wildman–Crippen MR) is 129 cm³/mol. The van der Waals surface area contributed by atoms with Crippen LogP contribution in [0.3, 0.4) is 0 Å². The van der Waals surface area contributed by atoms with E-state index in [0.29, 0.717) is 27.9 Å².